The van der Waals surface area contributed by atoms with E-state index in [-0.39, 0.29) is 5.69 Å². The maximum absolute atomic E-state index is 13.3. The smallest absolute Gasteiger partial charge is 0.161 e. The van der Waals surface area contributed by atoms with Crippen LogP contribution in [0.2, 0.25) is 0 Å². The lowest BCUT2D eigenvalue weighted by molar-refractivity contribution is 0.509. The van der Waals surface area contributed by atoms with Crippen molar-refractivity contribution >= 4 is 11.4 Å². The molecule has 0 saturated heterocycles. The fraction of sp³-hybridized carbons (Fsp3) is 0.259. The molecule has 0 aliphatic carbocycles. The first-order chi connectivity index (χ1) is 15.1. The fourth-order valence-electron chi connectivity index (χ4n) is 3.19. The SMILES string of the molecule is CCCCCc1ccc(C#Cc2ccc(N=Nc3ccc(F)c(F)c3)cc2CC)cc1. The van der Waals surface area contributed by atoms with Crippen LogP contribution in [0.25, 0.3) is 0 Å². The number of unbranched alkanes of at least 4 members (excludes halogenated alkanes) is 2. The van der Waals surface area contributed by atoms with Crippen LogP contribution in [0, 0.1) is 23.5 Å². The van der Waals surface area contributed by atoms with Crippen molar-refractivity contribution in [2.75, 3.05) is 0 Å². The Hall–Kier alpha value is -3.32. The van der Waals surface area contributed by atoms with E-state index < -0.39 is 11.6 Å². The second kappa shape index (κ2) is 11.2. The Bertz CT molecular complexity index is 1110. The van der Waals surface area contributed by atoms with Gasteiger partial charge in [-0.25, -0.2) is 8.78 Å². The molecule has 0 spiro atoms. The zero-order valence-corrected chi connectivity index (χ0v) is 18.0. The first-order valence-corrected chi connectivity index (χ1v) is 10.7. The van der Waals surface area contributed by atoms with Gasteiger partial charge in [0.2, 0.25) is 0 Å². The Morgan fingerprint density at radius 3 is 2.13 bits per heavy atom. The van der Waals surface area contributed by atoms with Crippen molar-refractivity contribution in [3.05, 3.63) is 94.6 Å². The predicted molar refractivity (Wildman–Crippen MR) is 122 cm³/mol. The van der Waals surface area contributed by atoms with Gasteiger partial charge in [-0.05, 0) is 72.9 Å². The molecule has 4 heteroatoms. The van der Waals surface area contributed by atoms with Gasteiger partial charge >= 0.3 is 0 Å². The second-order valence-corrected chi connectivity index (χ2v) is 7.40. The number of rotatable bonds is 7. The number of benzene rings is 3. The quantitative estimate of drug-likeness (QED) is 0.211. The molecule has 3 aromatic carbocycles. The molecule has 3 aromatic rings. The van der Waals surface area contributed by atoms with Gasteiger partial charge in [0.1, 0.15) is 0 Å². The molecule has 2 nitrogen and oxygen atoms in total. The third-order valence-corrected chi connectivity index (χ3v) is 5.02. The second-order valence-electron chi connectivity index (χ2n) is 7.40. The number of halogens is 2. The molecule has 0 N–H and O–H groups in total. The summed E-state index contributed by atoms with van der Waals surface area (Å²) in [7, 11) is 0. The summed E-state index contributed by atoms with van der Waals surface area (Å²) < 4.78 is 26.3. The van der Waals surface area contributed by atoms with E-state index in [0.717, 1.165) is 41.7 Å². The first kappa shape index (κ1) is 22.4. The molecule has 0 radical (unpaired) electrons. The monoisotopic (exact) mass is 416 g/mol. The maximum Gasteiger partial charge on any atom is 0.161 e. The summed E-state index contributed by atoms with van der Waals surface area (Å²) in [6.45, 7) is 4.27. The molecule has 31 heavy (non-hydrogen) atoms. The van der Waals surface area contributed by atoms with Crippen molar-refractivity contribution in [3.8, 4) is 11.8 Å². The molecular formula is C27H26F2N2. The topological polar surface area (TPSA) is 24.7 Å². The highest BCUT2D eigenvalue weighted by atomic mass is 19.2. The summed E-state index contributed by atoms with van der Waals surface area (Å²) in [5, 5.41) is 8.14. The first-order valence-electron chi connectivity index (χ1n) is 10.7. The molecule has 0 aliphatic rings. The van der Waals surface area contributed by atoms with Crippen LogP contribution < -0.4 is 0 Å². The Balaban J connectivity index is 1.72. The Morgan fingerprint density at radius 1 is 0.742 bits per heavy atom. The van der Waals surface area contributed by atoms with Crippen LogP contribution in [-0.4, -0.2) is 0 Å². The van der Waals surface area contributed by atoms with Gasteiger partial charge in [-0.15, -0.1) is 0 Å². The standard InChI is InChI=1S/C27H26F2N2/c1-3-5-6-7-20-8-10-21(11-9-20)12-13-23-14-15-24(18-22(23)4-2)30-31-25-16-17-26(28)27(29)19-25/h8-11,14-19H,3-7H2,1-2H3. The summed E-state index contributed by atoms with van der Waals surface area (Å²) in [6.07, 6.45) is 5.63. The molecule has 0 aliphatic heterocycles. The van der Waals surface area contributed by atoms with Crippen molar-refractivity contribution in [3.63, 3.8) is 0 Å². The lowest BCUT2D eigenvalue weighted by Crippen LogP contribution is -1.88. The number of nitrogens with zero attached hydrogens (tertiary/aromatic N) is 2. The predicted octanol–water partition coefficient (Wildman–Crippen LogP) is 8.08. The third kappa shape index (κ3) is 6.58. The van der Waals surface area contributed by atoms with E-state index in [9.17, 15) is 8.78 Å². The molecule has 0 bridgehead atoms. The number of azo groups is 1. The van der Waals surface area contributed by atoms with Crippen LogP contribution in [0.4, 0.5) is 20.2 Å². The summed E-state index contributed by atoms with van der Waals surface area (Å²) in [5.41, 5.74) is 5.25. The minimum Gasteiger partial charge on any atom is -0.204 e. The molecule has 0 aromatic heterocycles. The van der Waals surface area contributed by atoms with Gasteiger partial charge in [-0.2, -0.15) is 10.2 Å². The zero-order valence-electron chi connectivity index (χ0n) is 18.0. The number of aryl methyl sites for hydroxylation is 2. The molecular weight excluding hydrogens is 390 g/mol. The van der Waals surface area contributed by atoms with Crippen LogP contribution in [0.5, 0.6) is 0 Å². The maximum atomic E-state index is 13.3. The molecule has 0 amide bonds. The van der Waals surface area contributed by atoms with Crippen molar-refractivity contribution in [1.29, 1.82) is 0 Å². The van der Waals surface area contributed by atoms with E-state index in [1.54, 1.807) is 0 Å². The lowest BCUT2D eigenvalue weighted by atomic mass is 10.0. The van der Waals surface area contributed by atoms with Crippen LogP contribution in [-0.2, 0) is 12.8 Å². The molecule has 0 fully saturated rings. The zero-order chi connectivity index (χ0) is 22.1. The summed E-state index contributed by atoms with van der Waals surface area (Å²) >= 11 is 0. The Kier molecular flexibility index (Phi) is 8.06. The van der Waals surface area contributed by atoms with E-state index >= 15 is 0 Å². The van der Waals surface area contributed by atoms with Crippen LogP contribution >= 0.6 is 0 Å². The van der Waals surface area contributed by atoms with E-state index in [0.29, 0.717) is 5.69 Å². The largest absolute Gasteiger partial charge is 0.204 e. The van der Waals surface area contributed by atoms with E-state index in [4.69, 9.17) is 0 Å². The average molecular weight is 417 g/mol. The minimum absolute atomic E-state index is 0.263. The van der Waals surface area contributed by atoms with Crippen LogP contribution in [0.3, 0.4) is 0 Å². The van der Waals surface area contributed by atoms with Gasteiger partial charge in [0.05, 0.1) is 11.4 Å². The van der Waals surface area contributed by atoms with Crippen LogP contribution in [0.15, 0.2) is 70.9 Å². The van der Waals surface area contributed by atoms with E-state index in [1.807, 2.05) is 18.2 Å². The van der Waals surface area contributed by atoms with Gasteiger partial charge in [0.25, 0.3) is 0 Å². The van der Waals surface area contributed by atoms with Gasteiger partial charge in [0, 0.05) is 17.2 Å². The third-order valence-electron chi connectivity index (χ3n) is 5.02. The average Bonchev–Trinajstić information content (AvgIpc) is 2.79. The van der Waals surface area contributed by atoms with Crippen molar-refractivity contribution in [2.24, 2.45) is 10.2 Å². The highest BCUT2D eigenvalue weighted by Gasteiger charge is 2.03. The Labute approximate surface area is 183 Å². The van der Waals surface area contributed by atoms with E-state index in [1.165, 1.54) is 30.9 Å². The van der Waals surface area contributed by atoms with Crippen molar-refractivity contribution in [2.45, 2.75) is 46.0 Å². The molecule has 0 unspecified atom stereocenters. The minimum atomic E-state index is -0.940. The van der Waals surface area contributed by atoms with Crippen molar-refractivity contribution in [1.82, 2.24) is 0 Å². The Morgan fingerprint density at radius 2 is 1.45 bits per heavy atom. The van der Waals surface area contributed by atoms with Gasteiger partial charge < -0.3 is 0 Å². The van der Waals surface area contributed by atoms with Crippen molar-refractivity contribution < 1.29 is 8.78 Å². The van der Waals surface area contributed by atoms with Crippen LogP contribution in [0.1, 0.15) is 55.4 Å². The van der Waals surface area contributed by atoms with Gasteiger partial charge in [-0.1, -0.05) is 50.7 Å². The number of hydrogen-bond acceptors (Lipinski definition) is 2. The summed E-state index contributed by atoms with van der Waals surface area (Å²) in [6, 6.07) is 17.6. The highest BCUT2D eigenvalue weighted by Crippen LogP contribution is 2.23. The number of hydrogen-bond donors (Lipinski definition) is 0. The molecule has 0 heterocycles. The summed E-state index contributed by atoms with van der Waals surface area (Å²) in [5.74, 6) is 4.65. The van der Waals surface area contributed by atoms with Gasteiger partial charge in [0.15, 0.2) is 11.6 Å². The fourth-order valence-corrected chi connectivity index (χ4v) is 3.19. The normalized spacial score (nSPS) is 10.8. The lowest BCUT2D eigenvalue weighted by Gasteiger charge is -2.03. The van der Waals surface area contributed by atoms with E-state index in [2.05, 4.69) is 60.2 Å². The summed E-state index contributed by atoms with van der Waals surface area (Å²) in [4.78, 5) is 0. The molecule has 0 saturated carbocycles. The molecule has 158 valence electrons. The molecule has 3 rings (SSSR count). The highest BCUT2D eigenvalue weighted by molar-refractivity contribution is 5.52. The molecule has 0 atom stereocenters. The van der Waals surface area contributed by atoms with Gasteiger partial charge in [-0.3, -0.25) is 0 Å².